The maximum Gasteiger partial charge on any atom is 0.244 e. The summed E-state index contributed by atoms with van der Waals surface area (Å²) in [5.74, 6) is 0.201. The molecule has 0 spiro atoms. The van der Waals surface area contributed by atoms with E-state index in [0.717, 1.165) is 43.7 Å². The standard InChI is InChI=1S/C13H17N3O/c14-10-4-3-9-5-7-16(12(9)8-10)13(17)11-2-1-6-15-11/h3-4,8,11,15H,1-2,5-7,14H2/t11-/m1/s1. The lowest BCUT2D eigenvalue weighted by Crippen LogP contribution is -2.42. The Hall–Kier alpha value is -1.55. The summed E-state index contributed by atoms with van der Waals surface area (Å²) < 4.78 is 0. The third kappa shape index (κ3) is 1.78. The molecule has 1 amide bonds. The molecule has 2 aliphatic rings. The van der Waals surface area contributed by atoms with E-state index < -0.39 is 0 Å². The summed E-state index contributed by atoms with van der Waals surface area (Å²) in [5, 5.41) is 3.26. The van der Waals surface area contributed by atoms with Crippen LogP contribution < -0.4 is 16.0 Å². The number of hydrogen-bond acceptors (Lipinski definition) is 3. The van der Waals surface area contributed by atoms with Crippen LogP contribution in [-0.4, -0.2) is 25.0 Å². The second-order valence-corrected chi connectivity index (χ2v) is 4.78. The van der Waals surface area contributed by atoms with Gasteiger partial charge in [-0.2, -0.15) is 0 Å². The minimum Gasteiger partial charge on any atom is -0.399 e. The molecule has 17 heavy (non-hydrogen) atoms. The topological polar surface area (TPSA) is 58.4 Å². The minimum absolute atomic E-state index is 0.00220. The number of carbonyl (C=O) groups excluding carboxylic acids is 1. The molecule has 0 aliphatic carbocycles. The van der Waals surface area contributed by atoms with E-state index in [0.29, 0.717) is 0 Å². The van der Waals surface area contributed by atoms with Crippen molar-refractivity contribution in [1.29, 1.82) is 0 Å². The Bertz CT molecular complexity index is 452. The first kappa shape index (κ1) is 10.6. The monoisotopic (exact) mass is 231 g/mol. The molecule has 90 valence electrons. The van der Waals surface area contributed by atoms with Crippen molar-refractivity contribution in [1.82, 2.24) is 5.32 Å². The van der Waals surface area contributed by atoms with Crippen LogP contribution in [0.25, 0.3) is 0 Å². The van der Waals surface area contributed by atoms with Crippen LogP contribution in [0.15, 0.2) is 18.2 Å². The van der Waals surface area contributed by atoms with Gasteiger partial charge in [-0.1, -0.05) is 6.07 Å². The highest BCUT2D eigenvalue weighted by Gasteiger charge is 2.31. The molecule has 3 rings (SSSR count). The van der Waals surface area contributed by atoms with Crippen LogP contribution in [0.1, 0.15) is 18.4 Å². The molecule has 0 saturated carbocycles. The van der Waals surface area contributed by atoms with Gasteiger partial charge in [-0.3, -0.25) is 4.79 Å². The number of nitrogens with zero attached hydrogens (tertiary/aromatic N) is 1. The van der Waals surface area contributed by atoms with Crippen molar-refractivity contribution in [3.05, 3.63) is 23.8 Å². The molecular weight excluding hydrogens is 214 g/mol. The molecule has 4 heteroatoms. The van der Waals surface area contributed by atoms with Crippen molar-refractivity contribution in [3.63, 3.8) is 0 Å². The highest BCUT2D eigenvalue weighted by Crippen LogP contribution is 2.30. The Morgan fingerprint density at radius 1 is 1.47 bits per heavy atom. The summed E-state index contributed by atoms with van der Waals surface area (Å²) in [5.41, 5.74) is 8.75. The van der Waals surface area contributed by atoms with Crippen molar-refractivity contribution >= 4 is 17.3 Å². The second kappa shape index (κ2) is 4.04. The molecule has 1 saturated heterocycles. The van der Waals surface area contributed by atoms with Gasteiger partial charge >= 0.3 is 0 Å². The van der Waals surface area contributed by atoms with E-state index in [1.807, 2.05) is 23.1 Å². The molecule has 0 aromatic heterocycles. The van der Waals surface area contributed by atoms with Crippen LogP contribution in [0, 0.1) is 0 Å². The Kier molecular flexibility index (Phi) is 2.52. The number of carbonyl (C=O) groups is 1. The van der Waals surface area contributed by atoms with Gasteiger partial charge in [0.25, 0.3) is 0 Å². The van der Waals surface area contributed by atoms with Gasteiger partial charge in [0.2, 0.25) is 5.91 Å². The third-order valence-corrected chi connectivity index (χ3v) is 3.63. The molecule has 1 fully saturated rings. The second-order valence-electron chi connectivity index (χ2n) is 4.78. The van der Waals surface area contributed by atoms with E-state index in [4.69, 9.17) is 5.73 Å². The number of nitrogens with two attached hydrogens (primary N) is 1. The molecule has 3 N–H and O–H groups in total. The number of anilines is 2. The number of hydrogen-bond donors (Lipinski definition) is 2. The summed E-state index contributed by atoms with van der Waals surface area (Å²) in [6.45, 7) is 1.74. The molecule has 0 bridgehead atoms. The van der Waals surface area contributed by atoms with E-state index in [1.165, 1.54) is 5.56 Å². The molecular formula is C13H17N3O. The van der Waals surface area contributed by atoms with Crippen LogP contribution in [0.3, 0.4) is 0 Å². The normalized spacial score (nSPS) is 22.8. The van der Waals surface area contributed by atoms with E-state index in [-0.39, 0.29) is 11.9 Å². The Morgan fingerprint density at radius 2 is 2.35 bits per heavy atom. The third-order valence-electron chi connectivity index (χ3n) is 3.63. The van der Waals surface area contributed by atoms with E-state index >= 15 is 0 Å². The first-order valence-corrected chi connectivity index (χ1v) is 6.19. The number of nitrogens with one attached hydrogen (secondary N) is 1. The van der Waals surface area contributed by atoms with Gasteiger partial charge in [0.15, 0.2) is 0 Å². The lowest BCUT2D eigenvalue weighted by atomic mass is 10.1. The van der Waals surface area contributed by atoms with Gasteiger partial charge in [-0.25, -0.2) is 0 Å². The summed E-state index contributed by atoms with van der Waals surface area (Å²) in [6, 6.07) is 5.85. The number of benzene rings is 1. The number of nitrogen functional groups attached to an aromatic ring is 1. The molecule has 0 unspecified atom stereocenters. The van der Waals surface area contributed by atoms with E-state index in [9.17, 15) is 4.79 Å². The van der Waals surface area contributed by atoms with Crippen molar-refractivity contribution in [2.45, 2.75) is 25.3 Å². The lowest BCUT2D eigenvalue weighted by molar-refractivity contribution is -0.120. The van der Waals surface area contributed by atoms with Gasteiger partial charge in [-0.05, 0) is 43.5 Å². The minimum atomic E-state index is 0.00220. The average Bonchev–Trinajstić information content (AvgIpc) is 2.97. The maximum absolute atomic E-state index is 12.3. The number of rotatable bonds is 1. The average molecular weight is 231 g/mol. The highest BCUT2D eigenvalue weighted by atomic mass is 16.2. The summed E-state index contributed by atoms with van der Waals surface area (Å²) >= 11 is 0. The number of fused-ring (bicyclic) bond motifs is 1. The molecule has 2 aliphatic heterocycles. The van der Waals surface area contributed by atoms with Crippen molar-refractivity contribution in [3.8, 4) is 0 Å². The van der Waals surface area contributed by atoms with E-state index in [2.05, 4.69) is 5.32 Å². The quantitative estimate of drug-likeness (QED) is 0.706. The zero-order valence-electron chi connectivity index (χ0n) is 9.78. The van der Waals surface area contributed by atoms with Gasteiger partial charge in [0, 0.05) is 17.9 Å². The first-order valence-electron chi connectivity index (χ1n) is 6.19. The Morgan fingerprint density at radius 3 is 3.12 bits per heavy atom. The predicted molar refractivity (Wildman–Crippen MR) is 67.9 cm³/mol. The van der Waals surface area contributed by atoms with Gasteiger partial charge in [-0.15, -0.1) is 0 Å². The summed E-state index contributed by atoms with van der Waals surface area (Å²) in [6.07, 6.45) is 2.98. The van der Waals surface area contributed by atoms with Gasteiger partial charge in [0.05, 0.1) is 6.04 Å². The fraction of sp³-hybridized carbons (Fsp3) is 0.462. The molecule has 1 aromatic rings. The molecule has 1 aromatic carbocycles. The molecule has 0 radical (unpaired) electrons. The molecule has 4 nitrogen and oxygen atoms in total. The fourth-order valence-corrected chi connectivity index (χ4v) is 2.71. The van der Waals surface area contributed by atoms with Crippen molar-refractivity contribution in [2.24, 2.45) is 0 Å². The highest BCUT2D eigenvalue weighted by molar-refractivity contribution is 5.99. The van der Waals surface area contributed by atoms with E-state index in [1.54, 1.807) is 0 Å². The van der Waals surface area contributed by atoms with Crippen LogP contribution in [-0.2, 0) is 11.2 Å². The fourth-order valence-electron chi connectivity index (χ4n) is 2.71. The van der Waals surface area contributed by atoms with Gasteiger partial charge in [0.1, 0.15) is 0 Å². The molecule has 2 heterocycles. The zero-order chi connectivity index (χ0) is 11.8. The Labute approximate surface area is 101 Å². The smallest absolute Gasteiger partial charge is 0.244 e. The van der Waals surface area contributed by atoms with Crippen LogP contribution >= 0.6 is 0 Å². The summed E-state index contributed by atoms with van der Waals surface area (Å²) in [4.78, 5) is 14.2. The number of amides is 1. The largest absolute Gasteiger partial charge is 0.399 e. The van der Waals surface area contributed by atoms with Gasteiger partial charge < -0.3 is 16.0 Å². The lowest BCUT2D eigenvalue weighted by Gasteiger charge is -2.21. The van der Waals surface area contributed by atoms with Crippen LogP contribution in [0.2, 0.25) is 0 Å². The SMILES string of the molecule is Nc1ccc2c(c1)N(C(=O)[C@H]1CCCN1)CC2. The Balaban J connectivity index is 1.87. The maximum atomic E-state index is 12.3. The van der Waals surface area contributed by atoms with Crippen LogP contribution in [0.5, 0.6) is 0 Å². The summed E-state index contributed by atoms with van der Waals surface area (Å²) in [7, 11) is 0. The first-order chi connectivity index (χ1) is 8.25. The van der Waals surface area contributed by atoms with Crippen molar-refractivity contribution < 1.29 is 4.79 Å². The van der Waals surface area contributed by atoms with Crippen LogP contribution in [0.4, 0.5) is 11.4 Å². The molecule has 1 atom stereocenters. The zero-order valence-corrected chi connectivity index (χ0v) is 9.78. The van der Waals surface area contributed by atoms with Crippen molar-refractivity contribution in [2.75, 3.05) is 23.7 Å². The predicted octanol–water partition coefficient (Wildman–Crippen LogP) is 0.910.